The van der Waals surface area contributed by atoms with Crippen molar-refractivity contribution in [3.8, 4) is 0 Å². The fourth-order valence-corrected chi connectivity index (χ4v) is 1.51. The summed E-state index contributed by atoms with van der Waals surface area (Å²) in [4.78, 5) is 10.9. The van der Waals surface area contributed by atoms with Gasteiger partial charge in [-0.05, 0) is 13.2 Å². The molecule has 0 aromatic rings. The fourth-order valence-electron chi connectivity index (χ4n) is 0.735. The smallest absolute Gasteiger partial charge is 0.312 e. The molecule has 2 unspecified atom stereocenters. The lowest BCUT2D eigenvalue weighted by Crippen LogP contribution is -2.29. The van der Waals surface area contributed by atoms with Gasteiger partial charge in [0.25, 0.3) is 0 Å². The lowest BCUT2D eigenvalue weighted by Gasteiger charge is -2.15. The van der Waals surface area contributed by atoms with E-state index < -0.39 is 12.0 Å². The highest BCUT2D eigenvalue weighted by Gasteiger charge is 2.23. The second-order valence-corrected chi connectivity index (χ2v) is 3.24. The third-order valence-corrected chi connectivity index (χ3v) is 2.12. The summed E-state index contributed by atoms with van der Waals surface area (Å²) in [6.07, 6.45) is 1.26. The van der Waals surface area contributed by atoms with Crippen molar-refractivity contribution in [2.24, 2.45) is 5.92 Å². The largest absolute Gasteiger partial charge is 0.469 e. The maximum absolute atomic E-state index is 10.9. The minimum absolute atomic E-state index is 0.339. The summed E-state index contributed by atoms with van der Waals surface area (Å²) >= 11 is 1.52. The summed E-state index contributed by atoms with van der Waals surface area (Å²) in [6.45, 7) is 1.60. The Kier molecular flexibility index (Phi) is 5.32. The average Bonchev–Trinajstić information content (AvgIpc) is 1.98. The van der Waals surface area contributed by atoms with Gasteiger partial charge >= 0.3 is 5.97 Å². The summed E-state index contributed by atoms with van der Waals surface area (Å²) < 4.78 is 4.51. The van der Waals surface area contributed by atoms with Crippen LogP contribution < -0.4 is 0 Å². The monoisotopic (exact) mass is 178 g/mol. The Labute approximate surface area is 71.1 Å². The molecule has 2 atom stereocenters. The number of aliphatic hydroxyl groups is 1. The van der Waals surface area contributed by atoms with Crippen LogP contribution in [0.25, 0.3) is 0 Å². The second kappa shape index (κ2) is 5.43. The van der Waals surface area contributed by atoms with E-state index in [0.29, 0.717) is 5.75 Å². The van der Waals surface area contributed by atoms with Crippen LogP contribution >= 0.6 is 11.8 Å². The molecule has 0 saturated carbocycles. The van der Waals surface area contributed by atoms with Crippen LogP contribution in [0.4, 0.5) is 0 Å². The van der Waals surface area contributed by atoms with Gasteiger partial charge in [0, 0.05) is 5.75 Å². The molecule has 4 heteroatoms. The molecule has 0 spiro atoms. The van der Waals surface area contributed by atoms with Gasteiger partial charge in [0.2, 0.25) is 0 Å². The number of rotatable bonds is 4. The van der Waals surface area contributed by atoms with Crippen LogP contribution in [0.3, 0.4) is 0 Å². The van der Waals surface area contributed by atoms with Crippen molar-refractivity contribution in [2.45, 2.75) is 13.0 Å². The van der Waals surface area contributed by atoms with Crippen molar-refractivity contribution in [3.05, 3.63) is 0 Å². The van der Waals surface area contributed by atoms with Crippen molar-refractivity contribution in [1.82, 2.24) is 0 Å². The molecule has 0 amide bonds. The zero-order chi connectivity index (χ0) is 8.85. The van der Waals surface area contributed by atoms with Gasteiger partial charge < -0.3 is 9.84 Å². The zero-order valence-electron chi connectivity index (χ0n) is 7.03. The molecular weight excluding hydrogens is 164 g/mol. The summed E-state index contributed by atoms with van der Waals surface area (Å²) in [6, 6.07) is 0. The summed E-state index contributed by atoms with van der Waals surface area (Å²) in [5, 5.41) is 9.13. The molecule has 0 fully saturated rings. The van der Waals surface area contributed by atoms with Gasteiger partial charge in [0.15, 0.2) is 0 Å². The first-order valence-electron chi connectivity index (χ1n) is 3.38. The van der Waals surface area contributed by atoms with Gasteiger partial charge in [0.05, 0.1) is 19.1 Å². The normalized spacial score (nSPS) is 15.6. The molecule has 1 N–H and O–H groups in total. The SMILES string of the molecule is COC(=O)C(CSC)C(C)O. The van der Waals surface area contributed by atoms with E-state index in [1.807, 2.05) is 6.26 Å². The number of methoxy groups -OCH3 is 1. The minimum Gasteiger partial charge on any atom is -0.469 e. The molecule has 0 radical (unpaired) electrons. The molecule has 0 rings (SSSR count). The highest BCUT2D eigenvalue weighted by atomic mass is 32.2. The molecule has 66 valence electrons. The molecule has 0 aromatic carbocycles. The Hall–Kier alpha value is -0.220. The van der Waals surface area contributed by atoms with Crippen LogP contribution in [-0.4, -0.2) is 36.3 Å². The molecule has 0 bridgehead atoms. The highest BCUT2D eigenvalue weighted by molar-refractivity contribution is 7.98. The highest BCUT2D eigenvalue weighted by Crippen LogP contribution is 2.11. The van der Waals surface area contributed by atoms with Crippen LogP contribution in [0.2, 0.25) is 0 Å². The van der Waals surface area contributed by atoms with Gasteiger partial charge in [-0.25, -0.2) is 0 Å². The van der Waals surface area contributed by atoms with Crippen molar-refractivity contribution in [1.29, 1.82) is 0 Å². The molecule has 0 aromatic heterocycles. The topological polar surface area (TPSA) is 46.5 Å². The van der Waals surface area contributed by atoms with Crippen LogP contribution in [-0.2, 0) is 9.53 Å². The average molecular weight is 178 g/mol. The maximum atomic E-state index is 10.9. The molecule has 0 aliphatic carbocycles. The first-order chi connectivity index (χ1) is 5.13. The van der Waals surface area contributed by atoms with E-state index in [-0.39, 0.29) is 5.97 Å². The van der Waals surface area contributed by atoms with Crippen LogP contribution in [0.5, 0.6) is 0 Å². The predicted molar refractivity (Wildman–Crippen MR) is 45.6 cm³/mol. The van der Waals surface area contributed by atoms with E-state index in [0.717, 1.165) is 0 Å². The number of ether oxygens (including phenoxy) is 1. The Morgan fingerprint density at radius 3 is 2.55 bits per heavy atom. The van der Waals surface area contributed by atoms with Crippen LogP contribution in [0.15, 0.2) is 0 Å². The molecule has 0 heterocycles. The van der Waals surface area contributed by atoms with E-state index in [2.05, 4.69) is 4.74 Å². The first kappa shape index (κ1) is 10.8. The molecular formula is C7H14O3S. The quantitative estimate of drug-likeness (QED) is 0.637. The summed E-state index contributed by atoms with van der Waals surface area (Å²) in [7, 11) is 1.33. The van der Waals surface area contributed by atoms with Gasteiger partial charge in [-0.2, -0.15) is 11.8 Å². The van der Waals surface area contributed by atoms with Crippen LogP contribution in [0, 0.1) is 5.92 Å². The number of hydrogen-bond donors (Lipinski definition) is 1. The number of thioether (sulfide) groups is 1. The van der Waals surface area contributed by atoms with Crippen molar-refractivity contribution in [3.63, 3.8) is 0 Å². The third-order valence-electron chi connectivity index (χ3n) is 1.43. The molecule has 0 aliphatic rings. The first-order valence-corrected chi connectivity index (χ1v) is 4.77. The molecule has 0 saturated heterocycles. The number of carbonyl (C=O) groups excluding carboxylic acids is 1. The number of hydrogen-bond acceptors (Lipinski definition) is 4. The zero-order valence-corrected chi connectivity index (χ0v) is 7.85. The van der Waals surface area contributed by atoms with Crippen LogP contribution in [0.1, 0.15) is 6.92 Å². The van der Waals surface area contributed by atoms with Crippen molar-refractivity contribution in [2.75, 3.05) is 19.1 Å². The lowest BCUT2D eigenvalue weighted by molar-refractivity contribution is -0.147. The minimum atomic E-state index is -0.630. The number of esters is 1. The Bertz CT molecular complexity index is 125. The molecule has 11 heavy (non-hydrogen) atoms. The maximum Gasteiger partial charge on any atom is 0.312 e. The summed E-state index contributed by atoms with van der Waals surface area (Å²) in [5.41, 5.74) is 0. The van der Waals surface area contributed by atoms with E-state index in [9.17, 15) is 4.79 Å². The van der Waals surface area contributed by atoms with Crippen molar-refractivity contribution < 1.29 is 14.6 Å². The number of carbonyl (C=O) groups is 1. The van der Waals surface area contributed by atoms with Crippen molar-refractivity contribution >= 4 is 17.7 Å². The molecule has 3 nitrogen and oxygen atoms in total. The van der Waals surface area contributed by atoms with Gasteiger partial charge in [-0.1, -0.05) is 0 Å². The Morgan fingerprint density at radius 1 is 1.73 bits per heavy atom. The lowest BCUT2D eigenvalue weighted by atomic mass is 10.1. The van der Waals surface area contributed by atoms with Gasteiger partial charge in [-0.3, -0.25) is 4.79 Å². The van der Waals surface area contributed by atoms with Gasteiger partial charge in [-0.15, -0.1) is 0 Å². The van der Waals surface area contributed by atoms with E-state index in [1.165, 1.54) is 18.9 Å². The van der Waals surface area contributed by atoms with E-state index in [4.69, 9.17) is 5.11 Å². The van der Waals surface area contributed by atoms with E-state index >= 15 is 0 Å². The van der Waals surface area contributed by atoms with E-state index in [1.54, 1.807) is 6.92 Å². The predicted octanol–water partition coefficient (Wildman–Crippen LogP) is 0.519. The fraction of sp³-hybridized carbons (Fsp3) is 0.857. The Morgan fingerprint density at radius 2 is 2.27 bits per heavy atom. The summed E-state index contributed by atoms with van der Waals surface area (Å²) in [5.74, 6) is -0.131. The number of aliphatic hydroxyl groups excluding tert-OH is 1. The molecule has 0 aliphatic heterocycles. The van der Waals surface area contributed by atoms with Gasteiger partial charge in [0.1, 0.15) is 0 Å². The second-order valence-electron chi connectivity index (χ2n) is 2.33. The standard InChI is InChI=1S/C7H14O3S/c1-5(8)6(4-11-3)7(9)10-2/h5-6,8H,4H2,1-3H3. The third kappa shape index (κ3) is 3.62. The Balaban J connectivity index is 3.98.